The van der Waals surface area contributed by atoms with E-state index < -0.39 is 0 Å². The van der Waals surface area contributed by atoms with Gasteiger partial charge in [-0.3, -0.25) is 9.69 Å². The zero-order valence-corrected chi connectivity index (χ0v) is 20.4. The highest BCUT2D eigenvalue weighted by Crippen LogP contribution is 2.33. The van der Waals surface area contributed by atoms with Gasteiger partial charge in [0.2, 0.25) is 0 Å². The van der Waals surface area contributed by atoms with Crippen LogP contribution in [-0.4, -0.2) is 56.7 Å². The van der Waals surface area contributed by atoms with E-state index in [0.717, 1.165) is 34.5 Å². The fourth-order valence-electron chi connectivity index (χ4n) is 2.97. The molecule has 2 aromatic carbocycles. The first-order valence-electron chi connectivity index (χ1n) is 9.66. The number of aryl methyl sites for hydroxylation is 1. The highest BCUT2D eigenvalue weighted by Gasteiger charge is 2.21. The van der Waals surface area contributed by atoms with E-state index in [0.29, 0.717) is 22.4 Å². The van der Waals surface area contributed by atoms with Gasteiger partial charge in [0.1, 0.15) is 11.5 Å². The molecule has 0 saturated heterocycles. The maximum absolute atomic E-state index is 13.0. The summed E-state index contributed by atoms with van der Waals surface area (Å²) >= 11 is 7.74. The topological polar surface area (TPSA) is 54.9 Å². The molecule has 1 amide bonds. The molecule has 3 aromatic rings. The number of benzene rings is 2. The molecule has 0 aliphatic heterocycles. The van der Waals surface area contributed by atoms with Crippen molar-refractivity contribution in [2.45, 2.75) is 13.3 Å². The first kappa shape index (κ1) is 25.2. The highest BCUT2D eigenvalue weighted by molar-refractivity contribution is 7.22. The molecule has 3 rings (SSSR count). The van der Waals surface area contributed by atoms with Crippen LogP contribution in [0, 0.1) is 6.92 Å². The standard InChI is InChI=1S/C22H26ClN3O3S.ClH/c1-15-18(23)10-11-19-21(15)24-22(30-19)26(13-5-12-25(2)3)20(27)14-29-17-8-6-16(28-4)7-9-17;/h6-11H,5,12-14H2,1-4H3;1H. The third-order valence-corrected chi connectivity index (χ3v) is 6.13. The number of ether oxygens (including phenoxy) is 2. The summed E-state index contributed by atoms with van der Waals surface area (Å²) in [6, 6.07) is 11.0. The van der Waals surface area contributed by atoms with Crippen molar-refractivity contribution in [3.05, 3.63) is 47.0 Å². The van der Waals surface area contributed by atoms with Crippen LogP contribution in [0.4, 0.5) is 5.13 Å². The molecule has 0 radical (unpaired) electrons. The number of hydrogen-bond acceptors (Lipinski definition) is 6. The fraction of sp³-hybridized carbons (Fsp3) is 0.364. The summed E-state index contributed by atoms with van der Waals surface area (Å²) < 4.78 is 11.9. The number of methoxy groups -OCH3 is 1. The van der Waals surface area contributed by atoms with Gasteiger partial charge in [-0.15, -0.1) is 12.4 Å². The fourth-order valence-corrected chi connectivity index (χ4v) is 4.19. The van der Waals surface area contributed by atoms with Crippen LogP contribution in [0.15, 0.2) is 36.4 Å². The summed E-state index contributed by atoms with van der Waals surface area (Å²) in [4.78, 5) is 21.6. The lowest BCUT2D eigenvalue weighted by Crippen LogP contribution is -2.36. The second kappa shape index (κ2) is 11.5. The third kappa shape index (κ3) is 6.46. The highest BCUT2D eigenvalue weighted by atomic mass is 35.5. The summed E-state index contributed by atoms with van der Waals surface area (Å²) in [7, 11) is 5.64. The average molecular weight is 484 g/mol. The Kier molecular flexibility index (Phi) is 9.37. The van der Waals surface area contributed by atoms with E-state index in [1.807, 2.05) is 33.2 Å². The molecule has 31 heavy (non-hydrogen) atoms. The van der Waals surface area contributed by atoms with Gasteiger partial charge in [0.25, 0.3) is 5.91 Å². The summed E-state index contributed by atoms with van der Waals surface area (Å²) in [6.45, 7) is 3.32. The zero-order chi connectivity index (χ0) is 21.7. The first-order valence-corrected chi connectivity index (χ1v) is 10.9. The minimum Gasteiger partial charge on any atom is -0.497 e. The summed E-state index contributed by atoms with van der Waals surface area (Å²) in [5.41, 5.74) is 1.76. The Morgan fingerprint density at radius 3 is 2.42 bits per heavy atom. The van der Waals surface area contributed by atoms with Crippen molar-refractivity contribution in [2.75, 3.05) is 45.8 Å². The van der Waals surface area contributed by atoms with Crippen LogP contribution in [0.5, 0.6) is 11.5 Å². The Labute approximate surface area is 198 Å². The van der Waals surface area contributed by atoms with E-state index in [9.17, 15) is 4.79 Å². The summed E-state index contributed by atoms with van der Waals surface area (Å²) in [5.74, 6) is 1.22. The number of halogens is 2. The van der Waals surface area contributed by atoms with Crippen LogP contribution < -0.4 is 14.4 Å². The number of hydrogen-bond donors (Lipinski definition) is 0. The van der Waals surface area contributed by atoms with Gasteiger partial charge < -0.3 is 14.4 Å². The Bertz CT molecular complexity index is 1010. The van der Waals surface area contributed by atoms with Crippen LogP contribution in [0.3, 0.4) is 0 Å². The molecule has 1 heterocycles. The predicted octanol–water partition coefficient (Wildman–Crippen LogP) is 5.05. The number of carbonyl (C=O) groups excluding carboxylic acids is 1. The molecule has 0 atom stereocenters. The predicted molar refractivity (Wildman–Crippen MR) is 131 cm³/mol. The number of fused-ring (bicyclic) bond motifs is 1. The van der Waals surface area contributed by atoms with Crippen molar-refractivity contribution in [2.24, 2.45) is 0 Å². The van der Waals surface area contributed by atoms with Gasteiger partial charge in [-0.1, -0.05) is 22.9 Å². The largest absolute Gasteiger partial charge is 0.497 e. The van der Waals surface area contributed by atoms with Gasteiger partial charge in [-0.05, 0) is 75.9 Å². The van der Waals surface area contributed by atoms with Gasteiger partial charge in [-0.25, -0.2) is 4.98 Å². The average Bonchev–Trinajstić information content (AvgIpc) is 3.17. The van der Waals surface area contributed by atoms with Gasteiger partial charge in [0.15, 0.2) is 11.7 Å². The minimum absolute atomic E-state index is 0. The molecule has 0 saturated carbocycles. The quantitative estimate of drug-likeness (QED) is 0.426. The summed E-state index contributed by atoms with van der Waals surface area (Å²) in [6.07, 6.45) is 0.830. The monoisotopic (exact) mass is 483 g/mol. The van der Waals surface area contributed by atoms with Gasteiger partial charge in [0, 0.05) is 11.6 Å². The summed E-state index contributed by atoms with van der Waals surface area (Å²) in [5, 5.41) is 1.34. The van der Waals surface area contributed by atoms with E-state index in [1.54, 1.807) is 36.3 Å². The first-order chi connectivity index (χ1) is 14.4. The SMILES string of the molecule is COc1ccc(OCC(=O)N(CCCN(C)C)c2nc3c(C)c(Cl)ccc3s2)cc1.Cl. The maximum Gasteiger partial charge on any atom is 0.266 e. The third-order valence-electron chi connectivity index (χ3n) is 4.68. The Hall–Kier alpha value is -2.06. The molecular weight excluding hydrogens is 457 g/mol. The van der Waals surface area contributed by atoms with Gasteiger partial charge in [-0.2, -0.15) is 0 Å². The number of thiazole rings is 1. The number of amides is 1. The molecule has 1 aromatic heterocycles. The van der Waals surface area contributed by atoms with E-state index in [1.165, 1.54) is 11.3 Å². The molecule has 0 spiro atoms. The molecule has 0 aliphatic carbocycles. The minimum atomic E-state index is -0.132. The van der Waals surface area contributed by atoms with E-state index in [4.69, 9.17) is 26.1 Å². The lowest BCUT2D eigenvalue weighted by atomic mass is 10.2. The van der Waals surface area contributed by atoms with Crippen molar-refractivity contribution in [1.82, 2.24) is 9.88 Å². The maximum atomic E-state index is 13.0. The van der Waals surface area contributed by atoms with Crippen molar-refractivity contribution in [1.29, 1.82) is 0 Å². The van der Waals surface area contributed by atoms with Crippen LogP contribution in [0.1, 0.15) is 12.0 Å². The second-order valence-electron chi connectivity index (χ2n) is 7.18. The van der Waals surface area contributed by atoms with Crippen LogP contribution >= 0.6 is 35.3 Å². The Morgan fingerprint density at radius 1 is 1.10 bits per heavy atom. The van der Waals surface area contributed by atoms with Crippen LogP contribution in [0.25, 0.3) is 10.2 Å². The molecule has 0 N–H and O–H groups in total. The van der Waals surface area contributed by atoms with Crippen LogP contribution in [-0.2, 0) is 4.79 Å². The molecule has 6 nitrogen and oxygen atoms in total. The van der Waals surface area contributed by atoms with Gasteiger partial charge in [0.05, 0.1) is 17.3 Å². The zero-order valence-electron chi connectivity index (χ0n) is 18.1. The van der Waals surface area contributed by atoms with Gasteiger partial charge >= 0.3 is 0 Å². The molecule has 168 valence electrons. The van der Waals surface area contributed by atoms with Crippen LogP contribution in [0.2, 0.25) is 5.02 Å². The van der Waals surface area contributed by atoms with Crippen molar-refractivity contribution < 1.29 is 14.3 Å². The molecule has 0 aliphatic rings. The Balaban J connectivity index is 0.00000341. The number of rotatable bonds is 9. The number of nitrogens with zero attached hydrogens (tertiary/aromatic N) is 3. The lowest BCUT2D eigenvalue weighted by Gasteiger charge is -2.21. The smallest absolute Gasteiger partial charge is 0.266 e. The molecule has 0 bridgehead atoms. The Morgan fingerprint density at radius 2 is 1.77 bits per heavy atom. The molecular formula is C22H27Cl2N3O3S. The van der Waals surface area contributed by atoms with Crippen molar-refractivity contribution >= 4 is 56.6 Å². The number of carbonyl (C=O) groups is 1. The number of aromatic nitrogens is 1. The van der Waals surface area contributed by atoms with E-state index in [-0.39, 0.29) is 24.9 Å². The van der Waals surface area contributed by atoms with E-state index >= 15 is 0 Å². The normalized spacial score (nSPS) is 10.8. The molecule has 0 unspecified atom stereocenters. The lowest BCUT2D eigenvalue weighted by molar-refractivity contribution is -0.120. The van der Waals surface area contributed by atoms with Crippen molar-refractivity contribution in [3.8, 4) is 11.5 Å². The molecule has 0 fully saturated rings. The molecule has 9 heteroatoms. The second-order valence-corrected chi connectivity index (χ2v) is 8.60. The number of anilines is 1. The van der Waals surface area contributed by atoms with Crippen molar-refractivity contribution in [3.63, 3.8) is 0 Å². The van der Waals surface area contributed by atoms with E-state index in [2.05, 4.69) is 4.90 Å².